The maximum absolute atomic E-state index is 9.69. The van der Waals surface area contributed by atoms with Crippen LogP contribution < -0.4 is 5.32 Å². The van der Waals surface area contributed by atoms with Gasteiger partial charge < -0.3 is 20.4 Å². The standard InChI is InChI=1S/C15H25N3O2/c1-12-3-4-15(20)14(17-12)11-16-7-2-8-18-9-5-13(19)6-10-18/h3-4,13,16,19-20H,2,5-11H2,1H3. The van der Waals surface area contributed by atoms with Gasteiger partial charge in [0.1, 0.15) is 5.75 Å². The fraction of sp³-hybridized carbons (Fsp3) is 0.667. The summed E-state index contributed by atoms with van der Waals surface area (Å²) in [7, 11) is 0. The van der Waals surface area contributed by atoms with E-state index in [1.807, 2.05) is 13.0 Å². The summed E-state index contributed by atoms with van der Waals surface area (Å²) in [5.41, 5.74) is 1.64. The van der Waals surface area contributed by atoms with Crippen LogP contribution in [-0.4, -0.2) is 52.4 Å². The highest BCUT2D eigenvalue weighted by Gasteiger charge is 2.15. The van der Waals surface area contributed by atoms with Crippen LogP contribution in [0.3, 0.4) is 0 Å². The van der Waals surface area contributed by atoms with Crippen LogP contribution in [0.1, 0.15) is 30.7 Å². The van der Waals surface area contributed by atoms with Crippen LogP contribution in [0.4, 0.5) is 0 Å². The molecule has 0 spiro atoms. The molecule has 0 unspecified atom stereocenters. The highest BCUT2D eigenvalue weighted by molar-refractivity contribution is 5.27. The molecular formula is C15H25N3O2. The van der Waals surface area contributed by atoms with Crippen LogP contribution in [0.5, 0.6) is 5.75 Å². The van der Waals surface area contributed by atoms with Crippen molar-refractivity contribution in [1.29, 1.82) is 0 Å². The van der Waals surface area contributed by atoms with Crippen molar-refractivity contribution in [2.75, 3.05) is 26.2 Å². The molecule has 1 aliphatic rings. The Kier molecular flexibility index (Phi) is 5.76. The third kappa shape index (κ3) is 4.74. The zero-order chi connectivity index (χ0) is 14.4. The highest BCUT2D eigenvalue weighted by Crippen LogP contribution is 2.14. The number of nitrogens with zero attached hydrogens (tertiary/aromatic N) is 2. The Labute approximate surface area is 120 Å². The van der Waals surface area contributed by atoms with Crippen molar-refractivity contribution in [2.45, 2.75) is 38.8 Å². The third-order valence-corrected chi connectivity index (χ3v) is 3.77. The number of likely N-dealkylation sites (tertiary alicyclic amines) is 1. The number of nitrogens with one attached hydrogen (secondary N) is 1. The first-order chi connectivity index (χ1) is 9.65. The molecular weight excluding hydrogens is 254 g/mol. The molecule has 1 aliphatic heterocycles. The van der Waals surface area contributed by atoms with Gasteiger partial charge in [-0.1, -0.05) is 0 Å². The molecule has 0 bridgehead atoms. The Balaban J connectivity index is 1.61. The van der Waals surface area contributed by atoms with Crippen LogP contribution in [-0.2, 0) is 6.54 Å². The Morgan fingerprint density at radius 3 is 2.85 bits per heavy atom. The molecule has 0 amide bonds. The monoisotopic (exact) mass is 279 g/mol. The molecule has 2 heterocycles. The van der Waals surface area contributed by atoms with Gasteiger partial charge in [-0.15, -0.1) is 0 Å². The smallest absolute Gasteiger partial charge is 0.138 e. The molecule has 1 fully saturated rings. The molecule has 2 rings (SSSR count). The topological polar surface area (TPSA) is 68.6 Å². The minimum atomic E-state index is -0.0975. The predicted octanol–water partition coefficient (Wildman–Crippen LogP) is 1.03. The molecule has 1 aromatic heterocycles. The molecule has 0 aromatic carbocycles. The fourth-order valence-electron chi connectivity index (χ4n) is 2.51. The molecule has 0 atom stereocenters. The van der Waals surface area contributed by atoms with Crippen LogP contribution >= 0.6 is 0 Å². The minimum Gasteiger partial charge on any atom is -0.506 e. The van der Waals surface area contributed by atoms with Crippen LogP contribution in [0.2, 0.25) is 0 Å². The van der Waals surface area contributed by atoms with Gasteiger partial charge in [0.15, 0.2) is 0 Å². The summed E-state index contributed by atoms with van der Waals surface area (Å²) in [6, 6.07) is 3.50. The second-order valence-electron chi connectivity index (χ2n) is 5.52. The van der Waals surface area contributed by atoms with Gasteiger partial charge in [-0.05, 0) is 51.4 Å². The Bertz CT molecular complexity index is 418. The van der Waals surface area contributed by atoms with Gasteiger partial charge in [-0.25, -0.2) is 0 Å². The summed E-state index contributed by atoms with van der Waals surface area (Å²) in [6.45, 7) is 6.50. The largest absolute Gasteiger partial charge is 0.506 e. The van der Waals surface area contributed by atoms with Gasteiger partial charge in [-0.2, -0.15) is 0 Å². The van der Waals surface area contributed by atoms with E-state index in [9.17, 15) is 10.2 Å². The Hall–Kier alpha value is -1.17. The van der Waals surface area contributed by atoms with Crippen molar-refractivity contribution in [3.05, 3.63) is 23.5 Å². The van der Waals surface area contributed by atoms with E-state index in [2.05, 4.69) is 15.2 Å². The molecule has 112 valence electrons. The quantitative estimate of drug-likeness (QED) is 0.679. The van der Waals surface area contributed by atoms with Crippen molar-refractivity contribution in [3.8, 4) is 5.75 Å². The maximum atomic E-state index is 9.69. The summed E-state index contributed by atoms with van der Waals surface area (Å²) in [5.74, 6) is 0.258. The number of hydrogen-bond donors (Lipinski definition) is 3. The Morgan fingerprint density at radius 1 is 1.35 bits per heavy atom. The summed E-state index contributed by atoms with van der Waals surface area (Å²) < 4.78 is 0. The molecule has 1 aromatic rings. The van der Waals surface area contributed by atoms with Crippen LogP contribution in [0, 0.1) is 6.92 Å². The van der Waals surface area contributed by atoms with E-state index in [1.165, 1.54) is 0 Å². The van der Waals surface area contributed by atoms with E-state index in [0.717, 1.165) is 51.1 Å². The van der Waals surface area contributed by atoms with E-state index in [4.69, 9.17) is 0 Å². The van der Waals surface area contributed by atoms with E-state index in [1.54, 1.807) is 6.07 Å². The number of piperidine rings is 1. The van der Waals surface area contributed by atoms with Gasteiger partial charge in [-0.3, -0.25) is 4.98 Å². The van der Waals surface area contributed by atoms with Gasteiger partial charge in [0.05, 0.1) is 11.8 Å². The normalized spacial score (nSPS) is 17.5. The summed E-state index contributed by atoms with van der Waals surface area (Å²) in [5, 5.41) is 22.4. The average molecular weight is 279 g/mol. The lowest BCUT2D eigenvalue weighted by Crippen LogP contribution is -2.37. The SMILES string of the molecule is Cc1ccc(O)c(CNCCCN2CCC(O)CC2)n1. The molecule has 0 saturated carbocycles. The lowest BCUT2D eigenvalue weighted by atomic mass is 10.1. The van der Waals surface area contributed by atoms with Crippen LogP contribution in [0.25, 0.3) is 0 Å². The van der Waals surface area contributed by atoms with Crippen LogP contribution in [0.15, 0.2) is 12.1 Å². The predicted molar refractivity (Wildman–Crippen MR) is 78.6 cm³/mol. The van der Waals surface area contributed by atoms with Gasteiger partial charge >= 0.3 is 0 Å². The van der Waals surface area contributed by atoms with Crippen molar-refractivity contribution < 1.29 is 10.2 Å². The van der Waals surface area contributed by atoms with Crippen molar-refractivity contribution >= 4 is 0 Å². The summed E-state index contributed by atoms with van der Waals surface area (Å²) >= 11 is 0. The zero-order valence-corrected chi connectivity index (χ0v) is 12.2. The second-order valence-corrected chi connectivity index (χ2v) is 5.52. The number of aromatic hydroxyl groups is 1. The molecule has 0 radical (unpaired) electrons. The number of aromatic nitrogens is 1. The number of rotatable bonds is 6. The second kappa shape index (κ2) is 7.57. The molecule has 3 N–H and O–H groups in total. The first kappa shape index (κ1) is 15.2. The van der Waals surface area contributed by atoms with Crippen molar-refractivity contribution in [2.24, 2.45) is 0 Å². The summed E-state index contributed by atoms with van der Waals surface area (Å²) in [6.07, 6.45) is 2.77. The fourth-order valence-corrected chi connectivity index (χ4v) is 2.51. The lowest BCUT2D eigenvalue weighted by molar-refractivity contribution is 0.0821. The molecule has 0 aliphatic carbocycles. The number of aliphatic hydroxyl groups excluding tert-OH is 1. The highest BCUT2D eigenvalue weighted by atomic mass is 16.3. The summed E-state index contributed by atoms with van der Waals surface area (Å²) in [4.78, 5) is 6.72. The molecule has 5 nitrogen and oxygen atoms in total. The first-order valence-electron chi connectivity index (χ1n) is 7.42. The van der Waals surface area contributed by atoms with Gasteiger partial charge in [0, 0.05) is 25.3 Å². The number of aryl methyl sites for hydroxylation is 1. The number of hydrogen-bond acceptors (Lipinski definition) is 5. The lowest BCUT2D eigenvalue weighted by Gasteiger charge is -2.29. The number of pyridine rings is 1. The van der Waals surface area contributed by atoms with Crippen molar-refractivity contribution in [3.63, 3.8) is 0 Å². The van der Waals surface area contributed by atoms with Crippen molar-refractivity contribution in [1.82, 2.24) is 15.2 Å². The van der Waals surface area contributed by atoms with E-state index >= 15 is 0 Å². The minimum absolute atomic E-state index is 0.0975. The Morgan fingerprint density at radius 2 is 2.10 bits per heavy atom. The molecule has 5 heteroatoms. The van der Waals surface area contributed by atoms with Gasteiger partial charge in [0.2, 0.25) is 0 Å². The van der Waals surface area contributed by atoms with Gasteiger partial charge in [0.25, 0.3) is 0 Å². The number of aliphatic hydroxyl groups is 1. The maximum Gasteiger partial charge on any atom is 0.138 e. The van der Waals surface area contributed by atoms with E-state index in [0.29, 0.717) is 12.2 Å². The third-order valence-electron chi connectivity index (χ3n) is 3.77. The molecule has 1 saturated heterocycles. The molecule has 20 heavy (non-hydrogen) atoms. The van der Waals surface area contributed by atoms with E-state index in [-0.39, 0.29) is 11.9 Å². The zero-order valence-electron chi connectivity index (χ0n) is 12.2. The average Bonchev–Trinajstić information content (AvgIpc) is 2.44. The first-order valence-corrected chi connectivity index (χ1v) is 7.42. The van der Waals surface area contributed by atoms with E-state index < -0.39 is 0 Å².